The number of sulfonamides is 2. The smallest absolute Gasteiger partial charge is 0.240 e. The molecule has 21 heavy (non-hydrogen) atoms. The first-order chi connectivity index (χ1) is 9.32. The van der Waals surface area contributed by atoms with Gasteiger partial charge in [0, 0.05) is 22.2 Å². The number of hydrogen-bond acceptors (Lipinski definition) is 5. The van der Waals surface area contributed by atoms with Gasteiger partial charge in [0.1, 0.15) is 0 Å². The fourth-order valence-corrected chi connectivity index (χ4v) is 4.16. The Kier molecular flexibility index (Phi) is 5.43. The van der Waals surface area contributed by atoms with Gasteiger partial charge in [-0.15, -0.1) is 0 Å². The van der Waals surface area contributed by atoms with E-state index in [0.29, 0.717) is 10.2 Å². The van der Waals surface area contributed by atoms with Crippen molar-refractivity contribution in [2.45, 2.75) is 24.3 Å². The minimum atomic E-state index is -3.77. The summed E-state index contributed by atoms with van der Waals surface area (Å²) in [6.07, 6.45) is 1.01. The van der Waals surface area contributed by atoms with Crippen molar-refractivity contribution in [1.82, 2.24) is 9.44 Å². The van der Waals surface area contributed by atoms with E-state index in [4.69, 9.17) is 5.73 Å². The molecule has 0 aliphatic carbocycles. The quantitative estimate of drug-likeness (QED) is 0.606. The summed E-state index contributed by atoms with van der Waals surface area (Å²) in [5.74, 6) is 0. The molecule has 1 aromatic rings. The Morgan fingerprint density at radius 3 is 2.29 bits per heavy atom. The average Bonchev–Trinajstić information content (AvgIpc) is 2.27. The molecule has 0 unspecified atom stereocenters. The molecule has 0 spiro atoms. The minimum absolute atomic E-state index is 0.0124. The van der Waals surface area contributed by atoms with Crippen molar-refractivity contribution in [3.05, 3.63) is 22.7 Å². The van der Waals surface area contributed by atoms with Crippen LogP contribution in [0.4, 0.5) is 5.69 Å². The van der Waals surface area contributed by atoms with E-state index >= 15 is 0 Å². The summed E-state index contributed by atoms with van der Waals surface area (Å²) in [7, 11) is -7.21. The van der Waals surface area contributed by atoms with Crippen LogP contribution in [0.25, 0.3) is 0 Å². The van der Waals surface area contributed by atoms with Crippen molar-refractivity contribution in [3.8, 4) is 0 Å². The molecule has 4 N–H and O–H groups in total. The predicted octanol–water partition coefficient (Wildman–Crippen LogP) is 0.637. The van der Waals surface area contributed by atoms with Gasteiger partial charge in [0.05, 0.1) is 11.2 Å². The van der Waals surface area contributed by atoms with Crippen molar-refractivity contribution >= 4 is 41.7 Å². The van der Waals surface area contributed by atoms with Crippen molar-refractivity contribution < 1.29 is 16.8 Å². The summed E-state index contributed by atoms with van der Waals surface area (Å²) < 4.78 is 52.0. The monoisotopic (exact) mass is 399 g/mol. The Labute approximate surface area is 133 Å². The zero-order valence-corrected chi connectivity index (χ0v) is 15.1. The predicted molar refractivity (Wildman–Crippen MR) is 85.8 cm³/mol. The van der Waals surface area contributed by atoms with Crippen molar-refractivity contribution in [2.24, 2.45) is 0 Å². The number of hydrogen-bond donors (Lipinski definition) is 3. The Bertz CT molecular complexity index is 730. The lowest BCUT2D eigenvalue weighted by molar-refractivity contribution is 0.446. The van der Waals surface area contributed by atoms with Crippen molar-refractivity contribution in [3.63, 3.8) is 0 Å². The lowest BCUT2D eigenvalue weighted by atomic mass is 10.1. The summed E-state index contributed by atoms with van der Waals surface area (Å²) >= 11 is 3.18. The van der Waals surface area contributed by atoms with Crippen LogP contribution in [0.1, 0.15) is 13.8 Å². The summed E-state index contributed by atoms with van der Waals surface area (Å²) in [4.78, 5) is 0.0124. The molecule has 0 atom stereocenters. The molecule has 0 bridgehead atoms. The third-order valence-corrected chi connectivity index (χ3v) is 5.49. The summed E-state index contributed by atoms with van der Waals surface area (Å²) in [6.45, 7) is 3.05. The molecule has 1 rings (SSSR count). The number of benzene rings is 1. The maximum absolute atomic E-state index is 12.1. The summed E-state index contributed by atoms with van der Waals surface area (Å²) in [5.41, 5.74) is 4.99. The van der Waals surface area contributed by atoms with Gasteiger partial charge in [0.25, 0.3) is 0 Å². The average molecular weight is 400 g/mol. The van der Waals surface area contributed by atoms with Gasteiger partial charge in [-0.25, -0.2) is 26.3 Å². The molecule has 0 radical (unpaired) electrons. The highest BCUT2D eigenvalue weighted by Crippen LogP contribution is 2.22. The Hall–Kier alpha value is -0.680. The van der Waals surface area contributed by atoms with E-state index < -0.39 is 25.6 Å². The van der Waals surface area contributed by atoms with E-state index in [2.05, 4.69) is 25.4 Å². The van der Waals surface area contributed by atoms with Crippen molar-refractivity contribution in [2.75, 3.05) is 18.5 Å². The molecule has 0 saturated carbocycles. The maximum atomic E-state index is 12.1. The second-order valence-electron chi connectivity index (χ2n) is 5.27. The first-order valence-corrected chi connectivity index (χ1v) is 10.0. The second-order valence-corrected chi connectivity index (χ2v) is 9.64. The van der Waals surface area contributed by atoms with Gasteiger partial charge in [0.2, 0.25) is 20.0 Å². The number of halogens is 1. The van der Waals surface area contributed by atoms with Gasteiger partial charge < -0.3 is 5.73 Å². The number of nitrogens with one attached hydrogen (secondary N) is 2. The van der Waals surface area contributed by atoms with E-state index in [1.807, 2.05) is 0 Å². The fourth-order valence-electron chi connectivity index (χ4n) is 1.59. The summed E-state index contributed by atoms with van der Waals surface area (Å²) in [6, 6.07) is 4.26. The highest BCUT2D eigenvalue weighted by molar-refractivity contribution is 9.10. The zero-order chi connectivity index (χ0) is 16.5. The standard InChI is InChI=1S/C11H18BrN3O4S2/c1-11(2,15-20(3,16)17)7-14-21(18,19)8-4-5-9(12)10(13)6-8/h4-6,14-15H,7,13H2,1-3H3. The first kappa shape index (κ1) is 18.4. The maximum Gasteiger partial charge on any atom is 0.240 e. The number of anilines is 1. The van der Waals surface area contributed by atoms with Crippen LogP contribution in [-0.4, -0.2) is 35.2 Å². The van der Waals surface area contributed by atoms with E-state index in [-0.39, 0.29) is 11.4 Å². The molecule has 0 heterocycles. The molecule has 0 aliphatic heterocycles. The molecule has 0 aliphatic rings. The van der Waals surface area contributed by atoms with Gasteiger partial charge in [-0.3, -0.25) is 0 Å². The molecular formula is C11H18BrN3O4S2. The third kappa shape index (κ3) is 5.91. The molecular weight excluding hydrogens is 382 g/mol. The van der Waals surface area contributed by atoms with Gasteiger partial charge in [-0.1, -0.05) is 0 Å². The van der Waals surface area contributed by atoms with E-state index in [0.717, 1.165) is 6.26 Å². The zero-order valence-electron chi connectivity index (χ0n) is 11.8. The van der Waals surface area contributed by atoms with E-state index in [9.17, 15) is 16.8 Å². The molecule has 0 aromatic heterocycles. The molecule has 7 nitrogen and oxygen atoms in total. The topological polar surface area (TPSA) is 118 Å². The lowest BCUT2D eigenvalue weighted by Crippen LogP contribution is -2.50. The minimum Gasteiger partial charge on any atom is -0.398 e. The molecule has 10 heteroatoms. The van der Waals surface area contributed by atoms with E-state index in [1.54, 1.807) is 13.8 Å². The van der Waals surface area contributed by atoms with Crippen LogP contribution in [0.5, 0.6) is 0 Å². The fraction of sp³-hybridized carbons (Fsp3) is 0.455. The normalized spacial score (nSPS) is 13.3. The molecule has 0 amide bonds. The Balaban J connectivity index is 2.89. The largest absolute Gasteiger partial charge is 0.398 e. The van der Waals surface area contributed by atoms with Crippen LogP contribution >= 0.6 is 15.9 Å². The second kappa shape index (κ2) is 6.21. The van der Waals surface area contributed by atoms with Crippen LogP contribution in [0.15, 0.2) is 27.6 Å². The molecule has 1 aromatic carbocycles. The first-order valence-electron chi connectivity index (χ1n) is 5.86. The highest BCUT2D eigenvalue weighted by Gasteiger charge is 2.25. The lowest BCUT2D eigenvalue weighted by Gasteiger charge is -2.25. The molecule has 0 fully saturated rings. The van der Waals surface area contributed by atoms with Crippen LogP contribution in [0, 0.1) is 0 Å². The third-order valence-electron chi connectivity index (χ3n) is 2.44. The SMILES string of the molecule is CC(C)(CNS(=O)(=O)c1ccc(Br)c(N)c1)NS(C)(=O)=O. The van der Waals surface area contributed by atoms with Gasteiger partial charge >= 0.3 is 0 Å². The summed E-state index contributed by atoms with van der Waals surface area (Å²) in [5, 5.41) is 0. The Morgan fingerprint density at radius 1 is 1.24 bits per heavy atom. The Morgan fingerprint density at radius 2 is 1.81 bits per heavy atom. The van der Waals surface area contributed by atoms with Crippen LogP contribution in [0.2, 0.25) is 0 Å². The van der Waals surface area contributed by atoms with Gasteiger partial charge in [-0.2, -0.15) is 0 Å². The highest BCUT2D eigenvalue weighted by atomic mass is 79.9. The van der Waals surface area contributed by atoms with Gasteiger partial charge in [0.15, 0.2) is 0 Å². The number of nitrogen functional groups attached to an aromatic ring is 1. The van der Waals surface area contributed by atoms with Crippen molar-refractivity contribution in [1.29, 1.82) is 0 Å². The molecule has 0 saturated heterocycles. The van der Waals surface area contributed by atoms with Gasteiger partial charge in [-0.05, 0) is 48.0 Å². The molecule has 120 valence electrons. The van der Waals surface area contributed by atoms with E-state index in [1.165, 1.54) is 18.2 Å². The number of nitrogens with two attached hydrogens (primary N) is 1. The van der Waals surface area contributed by atoms with Crippen LogP contribution in [0.3, 0.4) is 0 Å². The van der Waals surface area contributed by atoms with Crippen LogP contribution in [-0.2, 0) is 20.0 Å². The van der Waals surface area contributed by atoms with Crippen LogP contribution < -0.4 is 15.2 Å². The number of rotatable bonds is 6.